The van der Waals surface area contributed by atoms with Gasteiger partial charge in [-0.05, 0) is 12.1 Å². The maximum atomic E-state index is 12.0. The van der Waals surface area contributed by atoms with E-state index < -0.39 is 31.0 Å². The van der Waals surface area contributed by atoms with E-state index in [4.69, 9.17) is 73.7 Å². The van der Waals surface area contributed by atoms with Crippen LogP contribution in [0.4, 0.5) is 11.9 Å². The number of halogens is 2. The number of hydrogen-bond donors (Lipinski definition) is 4. The Morgan fingerprint density at radius 3 is 1.82 bits per heavy atom. The topological polar surface area (TPSA) is 266 Å². The van der Waals surface area contributed by atoms with Crippen LogP contribution in [0, 0.1) is 0 Å². The number of esters is 1. The molecule has 22 heteroatoms. The van der Waals surface area contributed by atoms with Gasteiger partial charge in [-0.3, -0.25) is 9.13 Å². The molecule has 0 bridgehead atoms. The molecule has 0 aliphatic carbocycles. The summed E-state index contributed by atoms with van der Waals surface area (Å²) in [7, 11) is 1.75. The van der Waals surface area contributed by atoms with Crippen molar-refractivity contribution in [2.45, 2.75) is 25.0 Å². The number of carbonyl (C=O) groups excluding carboxylic acids is 1. The van der Waals surface area contributed by atoms with Crippen molar-refractivity contribution in [1.29, 1.82) is 0 Å². The second kappa shape index (κ2) is 19.2. The number of nitrogens with zero attached hydrogens (tertiary/aromatic N) is 8. The van der Waals surface area contributed by atoms with Crippen LogP contribution in [0.5, 0.6) is 0 Å². The van der Waals surface area contributed by atoms with Crippen LogP contribution in [0.3, 0.4) is 0 Å². The number of imidazole rings is 2. The number of nitrogen functional groups attached to an aromatic ring is 2. The summed E-state index contributed by atoms with van der Waals surface area (Å²) in [6.45, 7) is 0.286. The molecule has 2 aliphatic rings. The summed E-state index contributed by atoms with van der Waals surface area (Å²) in [5.41, 5.74) is 13.4. The molecule has 0 radical (unpaired) electrons. The molecule has 1 aromatic carbocycles. The number of hydrogen-bond acceptors (Lipinski definition) is 17. The Hall–Kier alpha value is -3.31. The number of benzene rings is 1. The van der Waals surface area contributed by atoms with Gasteiger partial charge >= 0.3 is 35.5 Å². The molecule has 7 rings (SSSR count). The summed E-state index contributed by atoms with van der Waals surface area (Å²) in [5.74, 6) is -0.343. The molecule has 5 aromatic rings. The molecule has 2 aliphatic heterocycles. The quantitative estimate of drug-likeness (QED) is 0.0786. The molecule has 0 unspecified atom stereocenters. The summed E-state index contributed by atoms with van der Waals surface area (Å²) in [6.07, 6.45) is 0.806. The summed E-state index contributed by atoms with van der Waals surface area (Å²) < 4.78 is 30.5. The van der Waals surface area contributed by atoms with Gasteiger partial charge in [-0.25, -0.2) is 14.8 Å². The van der Waals surface area contributed by atoms with Gasteiger partial charge in [0.15, 0.2) is 46.6 Å². The molecule has 6 N–H and O–H groups in total. The van der Waals surface area contributed by atoms with Crippen molar-refractivity contribution in [3.05, 3.63) is 58.9 Å². The number of fused-ring (bicyclic) bond motifs is 2. The fraction of sp³-hybridized carbons (Fsp3) is 0.370. The van der Waals surface area contributed by atoms with Crippen LogP contribution < -0.4 is 46.1 Å². The van der Waals surface area contributed by atoms with Crippen LogP contribution in [0.15, 0.2) is 43.0 Å². The fourth-order valence-corrected chi connectivity index (χ4v) is 4.82. The molecular weight excluding hydrogens is 702 g/mol. The van der Waals surface area contributed by atoms with Crippen molar-refractivity contribution < 1.29 is 73.4 Å². The molecular formula is C27H31Cl2N10NaO9. The van der Waals surface area contributed by atoms with E-state index in [1.54, 1.807) is 33.4 Å². The summed E-state index contributed by atoms with van der Waals surface area (Å²) >= 11 is 11.9. The molecule has 6 heterocycles. The normalized spacial score (nSPS) is 19.5. The fourth-order valence-electron chi connectivity index (χ4n) is 4.38. The van der Waals surface area contributed by atoms with E-state index in [1.807, 2.05) is 6.07 Å². The molecule has 0 amide bonds. The van der Waals surface area contributed by atoms with Gasteiger partial charge in [-0.15, -0.1) is 0 Å². The van der Waals surface area contributed by atoms with Crippen molar-refractivity contribution in [2.24, 2.45) is 0 Å². The Labute approximate surface area is 310 Å². The number of aromatic nitrogens is 8. The number of nitrogens with two attached hydrogens (primary N) is 2. The number of ether oxygens (including phenoxy) is 5. The van der Waals surface area contributed by atoms with E-state index in [0.717, 1.165) is 14.2 Å². The average molecular weight is 734 g/mol. The van der Waals surface area contributed by atoms with Crippen LogP contribution in [-0.2, 0) is 23.7 Å². The zero-order valence-electron chi connectivity index (χ0n) is 26.4. The third-order valence-electron chi connectivity index (χ3n) is 6.39. The van der Waals surface area contributed by atoms with Crippen LogP contribution >= 0.6 is 23.2 Å². The molecule has 0 saturated carbocycles. The van der Waals surface area contributed by atoms with Gasteiger partial charge in [-0.1, -0.05) is 41.4 Å². The van der Waals surface area contributed by atoms with E-state index >= 15 is 0 Å². The van der Waals surface area contributed by atoms with E-state index in [-0.39, 0.29) is 78.2 Å². The minimum Gasteiger partial charge on any atom is -0.857 e. The van der Waals surface area contributed by atoms with Crippen molar-refractivity contribution in [2.75, 3.05) is 52.1 Å². The second-order valence-electron chi connectivity index (χ2n) is 9.25. The second-order valence-corrected chi connectivity index (χ2v) is 9.96. The first-order valence-corrected chi connectivity index (χ1v) is 14.6. The van der Waals surface area contributed by atoms with E-state index in [9.17, 15) is 4.79 Å². The van der Waals surface area contributed by atoms with Gasteiger partial charge < -0.3 is 50.5 Å². The van der Waals surface area contributed by atoms with Gasteiger partial charge in [0.25, 0.3) is 0 Å². The van der Waals surface area contributed by atoms with E-state index in [1.165, 1.54) is 12.7 Å². The first-order chi connectivity index (χ1) is 23.3. The number of carbonyl (C=O) groups is 1. The van der Waals surface area contributed by atoms with Crippen molar-refractivity contribution >= 4 is 63.4 Å². The van der Waals surface area contributed by atoms with Crippen LogP contribution in [0.1, 0.15) is 22.8 Å². The Bertz CT molecular complexity index is 1800. The summed E-state index contributed by atoms with van der Waals surface area (Å²) in [4.78, 5) is 36.1. The molecule has 4 atom stereocenters. The van der Waals surface area contributed by atoms with Crippen LogP contribution in [0.25, 0.3) is 22.3 Å². The Kier molecular flexibility index (Phi) is 15.7. The van der Waals surface area contributed by atoms with Crippen molar-refractivity contribution in [3.63, 3.8) is 0 Å². The average Bonchev–Trinajstić information content (AvgIpc) is 3.92. The van der Waals surface area contributed by atoms with E-state index in [0.29, 0.717) is 27.9 Å². The smallest absolute Gasteiger partial charge is 0.857 e. The van der Waals surface area contributed by atoms with E-state index in [2.05, 4.69) is 29.9 Å². The number of aliphatic hydroxyl groups is 2. The third kappa shape index (κ3) is 9.69. The number of anilines is 2. The molecule has 19 nitrogen and oxygen atoms in total. The molecule has 49 heavy (non-hydrogen) atoms. The summed E-state index contributed by atoms with van der Waals surface area (Å²) in [6, 6.07) is 8.69. The Morgan fingerprint density at radius 2 is 1.35 bits per heavy atom. The molecule has 258 valence electrons. The number of rotatable bonds is 6. The maximum Gasteiger partial charge on any atom is 1.00 e. The molecule has 2 fully saturated rings. The van der Waals surface area contributed by atoms with Gasteiger partial charge in [0.05, 0.1) is 38.0 Å². The largest absolute Gasteiger partial charge is 1.00 e. The SMILES string of the molecule is CO.C[O-].Nc1nc(Cl)c2ncn([C@H]3CO[C@@H](CO)O3)c2n1.Nc1nc(Cl)c2ncn([C@H]3CO[C@@H](COC(=O)c4ccccc4)O3)c2n1.[Na+]. The Morgan fingerprint density at radius 1 is 0.878 bits per heavy atom. The first-order valence-electron chi connectivity index (χ1n) is 13.8. The minimum absolute atomic E-state index is 0. The summed E-state index contributed by atoms with van der Waals surface area (Å²) in [5, 5.41) is 24.5. The first kappa shape index (κ1) is 40.1. The maximum absolute atomic E-state index is 12.0. The number of aliphatic hydroxyl groups excluding tert-OH is 2. The Balaban J connectivity index is 0.000000248. The van der Waals surface area contributed by atoms with Gasteiger partial charge in [0.2, 0.25) is 11.9 Å². The van der Waals surface area contributed by atoms with Crippen molar-refractivity contribution in [1.82, 2.24) is 39.0 Å². The minimum atomic E-state index is -0.695. The molecule has 0 spiro atoms. The van der Waals surface area contributed by atoms with Gasteiger partial charge in [0, 0.05) is 7.11 Å². The van der Waals surface area contributed by atoms with Gasteiger partial charge in [0.1, 0.15) is 17.6 Å². The van der Waals surface area contributed by atoms with Crippen molar-refractivity contribution in [3.8, 4) is 0 Å². The van der Waals surface area contributed by atoms with Crippen LogP contribution in [-0.4, -0.2) is 108 Å². The standard InChI is InChI=1S/C16H14ClN5O4.C9H10ClN5O3.CH4O.CH3O.Na/c17-13-12-14(21-16(18)20-13)22(8-19-12)10-6-24-11(26-10)7-25-15(23)9-4-2-1-3-5-9;10-7-6-8(14-9(11)13-7)15(3-12-6)4-2-17-5(1-16)18-4;2*1-2;/h1-5,8,10-11H,6-7H2,(H2,18,20,21);3-5,16H,1-2H2,(H2,11,13,14);2H,1H3;1H3;/q;;;-1;+1/t10-,11-;4-,5-;;;/m11.../s1. The zero-order valence-corrected chi connectivity index (χ0v) is 29.9. The monoisotopic (exact) mass is 732 g/mol. The predicted molar refractivity (Wildman–Crippen MR) is 167 cm³/mol. The van der Waals surface area contributed by atoms with Gasteiger partial charge in [-0.2, -0.15) is 27.0 Å². The third-order valence-corrected chi connectivity index (χ3v) is 6.92. The zero-order chi connectivity index (χ0) is 34.8. The molecule has 2 saturated heterocycles. The molecule has 4 aromatic heterocycles. The predicted octanol–water partition coefficient (Wildman–Crippen LogP) is -2.69. The van der Waals surface area contributed by atoms with Crippen LogP contribution in [0.2, 0.25) is 10.3 Å².